The maximum atomic E-state index is 5.88. The van der Waals surface area contributed by atoms with Crippen LogP contribution >= 0.6 is 0 Å². The molecule has 0 unspecified atom stereocenters. The summed E-state index contributed by atoms with van der Waals surface area (Å²) in [6, 6.07) is 1.25. The molecule has 2 heteroatoms. The van der Waals surface area contributed by atoms with Gasteiger partial charge in [-0.05, 0) is 25.8 Å². The van der Waals surface area contributed by atoms with Gasteiger partial charge in [0, 0.05) is 18.6 Å². The maximum absolute atomic E-state index is 5.88. The SMILES string of the molecule is N[C@@H]1CCN2CCC[C@H]12. The molecule has 0 saturated carbocycles. The summed E-state index contributed by atoms with van der Waals surface area (Å²) in [5, 5.41) is 0. The zero-order valence-electron chi connectivity index (χ0n) is 5.71. The summed E-state index contributed by atoms with van der Waals surface area (Å²) < 4.78 is 0. The highest BCUT2D eigenvalue weighted by Crippen LogP contribution is 2.26. The second kappa shape index (κ2) is 1.96. The lowest BCUT2D eigenvalue weighted by molar-refractivity contribution is 0.314. The van der Waals surface area contributed by atoms with E-state index in [9.17, 15) is 0 Å². The van der Waals surface area contributed by atoms with Gasteiger partial charge >= 0.3 is 0 Å². The molecule has 0 aromatic heterocycles. The van der Waals surface area contributed by atoms with Crippen molar-refractivity contribution in [2.45, 2.75) is 31.3 Å². The first-order chi connectivity index (χ1) is 4.38. The van der Waals surface area contributed by atoms with Gasteiger partial charge < -0.3 is 5.73 Å². The van der Waals surface area contributed by atoms with E-state index in [0.717, 1.165) is 6.04 Å². The van der Waals surface area contributed by atoms with Crippen LogP contribution in [0.15, 0.2) is 0 Å². The third-order valence-corrected chi connectivity index (χ3v) is 2.66. The smallest absolute Gasteiger partial charge is 0.0248 e. The quantitative estimate of drug-likeness (QED) is 0.502. The minimum Gasteiger partial charge on any atom is -0.326 e. The van der Waals surface area contributed by atoms with Crippen molar-refractivity contribution in [1.82, 2.24) is 4.90 Å². The van der Waals surface area contributed by atoms with E-state index >= 15 is 0 Å². The molecule has 2 fully saturated rings. The Hall–Kier alpha value is -0.0800. The van der Waals surface area contributed by atoms with Gasteiger partial charge in [0.1, 0.15) is 0 Å². The molecule has 2 aliphatic heterocycles. The van der Waals surface area contributed by atoms with E-state index in [-0.39, 0.29) is 0 Å². The average Bonchev–Trinajstić information content (AvgIpc) is 2.35. The van der Waals surface area contributed by atoms with E-state index in [4.69, 9.17) is 5.73 Å². The molecule has 2 aliphatic rings. The first kappa shape index (κ1) is 5.69. The molecule has 2 heterocycles. The Labute approximate surface area is 56.0 Å². The molecule has 0 aliphatic carbocycles. The maximum Gasteiger partial charge on any atom is 0.0248 e. The molecule has 0 aromatic carbocycles. The number of fused-ring (bicyclic) bond motifs is 1. The van der Waals surface area contributed by atoms with Crippen LogP contribution in [0.5, 0.6) is 0 Å². The first-order valence-electron chi connectivity index (χ1n) is 3.87. The fourth-order valence-corrected chi connectivity index (χ4v) is 2.12. The van der Waals surface area contributed by atoms with Gasteiger partial charge in [-0.1, -0.05) is 0 Å². The normalized spacial score (nSPS) is 43.7. The second-order valence-electron chi connectivity index (χ2n) is 3.20. The Morgan fingerprint density at radius 1 is 1.22 bits per heavy atom. The first-order valence-corrected chi connectivity index (χ1v) is 3.87. The Morgan fingerprint density at radius 3 is 2.89 bits per heavy atom. The van der Waals surface area contributed by atoms with E-state index in [2.05, 4.69) is 4.90 Å². The zero-order chi connectivity index (χ0) is 6.27. The van der Waals surface area contributed by atoms with Crippen molar-refractivity contribution in [2.24, 2.45) is 5.73 Å². The molecule has 0 spiro atoms. The standard InChI is InChI=1S/C7H14N2/c8-6-3-5-9-4-1-2-7(6)9/h6-7H,1-5,8H2/t6-,7-/m1/s1. The third kappa shape index (κ3) is 0.775. The lowest BCUT2D eigenvalue weighted by Crippen LogP contribution is -2.34. The van der Waals surface area contributed by atoms with Crippen LogP contribution < -0.4 is 5.73 Å². The minimum atomic E-state index is 0.493. The molecule has 9 heavy (non-hydrogen) atoms. The predicted octanol–water partition coefficient (Wildman–Crippen LogP) is 0.182. The Morgan fingerprint density at radius 2 is 2.11 bits per heavy atom. The summed E-state index contributed by atoms with van der Waals surface area (Å²) in [6.07, 6.45) is 3.95. The Kier molecular flexibility index (Phi) is 1.24. The molecule has 0 bridgehead atoms. The molecule has 2 nitrogen and oxygen atoms in total. The molecule has 0 amide bonds. The van der Waals surface area contributed by atoms with Crippen molar-refractivity contribution in [3.05, 3.63) is 0 Å². The second-order valence-corrected chi connectivity index (χ2v) is 3.20. The number of rotatable bonds is 0. The Balaban J connectivity index is 2.07. The van der Waals surface area contributed by atoms with Crippen LogP contribution in [0.2, 0.25) is 0 Å². The number of nitrogens with zero attached hydrogens (tertiary/aromatic N) is 1. The van der Waals surface area contributed by atoms with Gasteiger partial charge in [0.05, 0.1) is 0 Å². The summed E-state index contributed by atoms with van der Waals surface area (Å²) in [7, 11) is 0. The molecule has 0 aromatic rings. The van der Waals surface area contributed by atoms with E-state index in [1.165, 1.54) is 32.4 Å². The van der Waals surface area contributed by atoms with Crippen LogP contribution in [0.1, 0.15) is 19.3 Å². The van der Waals surface area contributed by atoms with E-state index < -0.39 is 0 Å². The minimum absolute atomic E-state index is 0.493. The van der Waals surface area contributed by atoms with Crippen molar-refractivity contribution in [3.63, 3.8) is 0 Å². The average molecular weight is 126 g/mol. The third-order valence-electron chi connectivity index (χ3n) is 2.66. The van der Waals surface area contributed by atoms with Crippen LogP contribution in [-0.4, -0.2) is 30.1 Å². The molecule has 0 radical (unpaired) electrons. The monoisotopic (exact) mass is 126 g/mol. The van der Waals surface area contributed by atoms with Gasteiger partial charge in [0.25, 0.3) is 0 Å². The van der Waals surface area contributed by atoms with Crippen molar-refractivity contribution < 1.29 is 0 Å². The molecule has 2 rings (SSSR count). The number of nitrogens with two attached hydrogens (primary N) is 1. The van der Waals surface area contributed by atoms with Crippen molar-refractivity contribution in [2.75, 3.05) is 13.1 Å². The van der Waals surface area contributed by atoms with Gasteiger partial charge in [-0.15, -0.1) is 0 Å². The van der Waals surface area contributed by atoms with Crippen LogP contribution in [0.4, 0.5) is 0 Å². The lowest BCUT2D eigenvalue weighted by Gasteiger charge is -2.15. The zero-order valence-corrected chi connectivity index (χ0v) is 5.71. The molecular formula is C7H14N2. The van der Waals surface area contributed by atoms with E-state index in [1.54, 1.807) is 0 Å². The summed E-state index contributed by atoms with van der Waals surface area (Å²) in [4.78, 5) is 2.53. The van der Waals surface area contributed by atoms with Crippen LogP contribution in [0.25, 0.3) is 0 Å². The molecule has 2 saturated heterocycles. The molecule has 52 valence electrons. The topological polar surface area (TPSA) is 29.3 Å². The molecular weight excluding hydrogens is 112 g/mol. The van der Waals surface area contributed by atoms with Gasteiger partial charge in [-0.25, -0.2) is 0 Å². The molecule has 2 atom stereocenters. The fraction of sp³-hybridized carbons (Fsp3) is 1.00. The summed E-state index contributed by atoms with van der Waals surface area (Å²) in [5.41, 5.74) is 5.88. The van der Waals surface area contributed by atoms with Crippen LogP contribution in [0.3, 0.4) is 0 Å². The largest absolute Gasteiger partial charge is 0.326 e. The highest BCUT2D eigenvalue weighted by Gasteiger charge is 2.34. The van der Waals surface area contributed by atoms with E-state index in [1.807, 2.05) is 0 Å². The van der Waals surface area contributed by atoms with Crippen molar-refractivity contribution in [1.29, 1.82) is 0 Å². The summed E-state index contributed by atoms with van der Waals surface area (Å²) >= 11 is 0. The van der Waals surface area contributed by atoms with Gasteiger partial charge in [-0.2, -0.15) is 0 Å². The van der Waals surface area contributed by atoms with Gasteiger partial charge in [0.15, 0.2) is 0 Å². The lowest BCUT2D eigenvalue weighted by atomic mass is 10.1. The fourth-order valence-electron chi connectivity index (χ4n) is 2.12. The number of hydrogen-bond donors (Lipinski definition) is 1. The van der Waals surface area contributed by atoms with Gasteiger partial charge in [0.2, 0.25) is 0 Å². The van der Waals surface area contributed by atoms with Crippen molar-refractivity contribution >= 4 is 0 Å². The van der Waals surface area contributed by atoms with Crippen LogP contribution in [-0.2, 0) is 0 Å². The Bertz CT molecular complexity index is 113. The van der Waals surface area contributed by atoms with Gasteiger partial charge in [-0.3, -0.25) is 4.90 Å². The predicted molar refractivity (Wildman–Crippen MR) is 37.2 cm³/mol. The van der Waals surface area contributed by atoms with Crippen molar-refractivity contribution in [3.8, 4) is 0 Å². The van der Waals surface area contributed by atoms with Crippen LogP contribution in [0, 0.1) is 0 Å². The summed E-state index contributed by atoms with van der Waals surface area (Å²) in [5.74, 6) is 0. The highest BCUT2D eigenvalue weighted by molar-refractivity contribution is 4.93. The summed E-state index contributed by atoms with van der Waals surface area (Å²) in [6.45, 7) is 2.56. The molecule has 2 N–H and O–H groups in total. The van der Waals surface area contributed by atoms with E-state index in [0.29, 0.717) is 6.04 Å². The number of hydrogen-bond acceptors (Lipinski definition) is 2. The highest BCUT2D eigenvalue weighted by atomic mass is 15.2.